The van der Waals surface area contributed by atoms with Gasteiger partial charge in [-0.2, -0.15) is 0 Å². The lowest BCUT2D eigenvalue weighted by Crippen LogP contribution is -2.31. The molecule has 2 N–H and O–H groups in total. The third kappa shape index (κ3) is 2.88. The van der Waals surface area contributed by atoms with Gasteiger partial charge in [0.1, 0.15) is 12.4 Å². The van der Waals surface area contributed by atoms with Crippen LogP contribution in [0.25, 0.3) is 0 Å². The van der Waals surface area contributed by atoms with Crippen LogP contribution in [0.2, 0.25) is 0 Å². The van der Waals surface area contributed by atoms with Gasteiger partial charge in [-0.15, -0.1) is 0 Å². The second-order valence-corrected chi connectivity index (χ2v) is 4.56. The van der Waals surface area contributed by atoms with Crippen molar-refractivity contribution in [3.63, 3.8) is 0 Å². The van der Waals surface area contributed by atoms with E-state index in [-0.39, 0.29) is 5.91 Å². The van der Waals surface area contributed by atoms with Gasteiger partial charge in [-0.1, -0.05) is 25.5 Å². The largest absolute Gasteiger partial charge is 0.399 e. The first-order valence-electron chi connectivity index (χ1n) is 6.39. The Kier molecular flexibility index (Phi) is 3.97. The minimum atomic E-state index is 0.0953. The fourth-order valence-electron chi connectivity index (χ4n) is 2.01. The van der Waals surface area contributed by atoms with Gasteiger partial charge in [-0.3, -0.25) is 14.7 Å². The quantitative estimate of drug-likeness (QED) is 0.808. The zero-order chi connectivity index (χ0) is 13.0. The summed E-state index contributed by atoms with van der Waals surface area (Å²) in [7, 11) is 0. The van der Waals surface area contributed by atoms with E-state index in [0.29, 0.717) is 13.1 Å². The van der Waals surface area contributed by atoms with Crippen molar-refractivity contribution in [2.45, 2.75) is 32.7 Å². The number of aliphatic imine (C=N–C) groups is 1. The highest BCUT2D eigenvalue weighted by atomic mass is 16.2. The average Bonchev–Trinajstić information content (AvgIpc) is 2.71. The van der Waals surface area contributed by atoms with Crippen molar-refractivity contribution in [1.29, 1.82) is 0 Å². The molecule has 0 aromatic heterocycles. The molecule has 1 heterocycles. The lowest BCUT2D eigenvalue weighted by Gasteiger charge is -2.18. The van der Waals surface area contributed by atoms with Gasteiger partial charge in [0.05, 0.1) is 6.54 Å². The molecule has 0 bridgehead atoms. The number of carbonyl (C=O) groups excluding carboxylic acids is 1. The van der Waals surface area contributed by atoms with Crippen molar-refractivity contribution in [3.05, 3.63) is 29.8 Å². The number of hydrogen-bond acceptors (Lipinski definition) is 3. The summed E-state index contributed by atoms with van der Waals surface area (Å²) in [5.41, 5.74) is 7.48. The molecule has 18 heavy (non-hydrogen) atoms. The Morgan fingerprint density at radius 3 is 2.72 bits per heavy atom. The second-order valence-electron chi connectivity index (χ2n) is 4.56. The minimum absolute atomic E-state index is 0.0953. The molecule has 1 aliphatic heterocycles. The van der Waals surface area contributed by atoms with Gasteiger partial charge in [0.2, 0.25) is 5.91 Å². The number of nitrogen functional groups attached to an aromatic ring is 1. The topological polar surface area (TPSA) is 58.7 Å². The smallest absolute Gasteiger partial charge is 0.249 e. The van der Waals surface area contributed by atoms with Gasteiger partial charge in [0, 0.05) is 12.1 Å². The summed E-state index contributed by atoms with van der Waals surface area (Å²) in [6.07, 6.45) is 3.07. The lowest BCUT2D eigenvalue weighted by atomic mass is 10.1. The number of benzene rings is 1. The maximum Gasteiger partial charge on any atom is 0.249 e. The molecular weight excluding hydrogens is 226 g/mol. The predicted molar refractivity (Wildman–Crippen MR) is 73.2 cm³/mol. The number of amidine groups is 1. The predicted octanol–water partition coefficient (Wildman–Crippen LogP) is 2.20. The van der Waals surface area contributed by atoms with Crippen molar-refractivity contribution < 1.29 is 4.79 Å². The summed E-state index contributed by atoms with van der Waals surface area (Å²) < 4.78 is 0. The van der Waals surface area contributed by atoms with Crippen molar-refractivity contribution in [3.8, 4) is 0 Å². The number of hydrogen-bond donors (Lipinski definition) is 1. The van der Waals surface area contributed by atoms with E-state index in [1.165, 1.54) is 0 Å². The fraction of sp³-hybridized carbons (Fsp3) is 0.429. The van der Waals surface area contributed by atoms with Gasteiger partial charge >= 0.3 is 0 Å². The van der Waals surface area contributed by atoms with Crippen LogP contribution in [-0.2, 0) is 11.3 Å². The summed E-state index contributed by atoms with van der Waals surface area (Å²) >= 11 is 0. The van der Waals surface area contributed by atoms with Crippen LogP contribution < -0.4 is 5.73 Å². The molecule has 0 spiro atoms. The molecule has 96 valence electrons. The van der Waals surface area contributed by atoms with E-state index in [9.17, 15) is 4.79 Å². The molecule has 4 heteroatoms. The highest BCUT2D eigenvalue weighted by Crippen LogP contribution is 2.15. The Labute approximate surface area is 108 Å². The van der Waals surface area contributed by atoms with Crippen LogP contribution >= 0.6 is 0 Å². The van der Waals surface area contributed by atoms with E-state index in [4.69, 9.17) is 5.73 Å². The fourth-order valence-corrected chi connectivity index (χ4v) is 2.01. The van der Waals surface area contributed by atoms with Gasteiger partial charge < -0.3 is 5.73 Å². The molecule has 2 rings (SSSR count). The molecule has 4 nitrogen and oxygen atoms in total. The Hall–Kier alpha value is -1.84. The molecule has 0 fully saturated rings. The summed E-state index contributed by atoms with van der Waals surface area (Å²) in [5, 5.41) is 0. The molecule has 0 saturated carbocycles. The first-order valence-corrected chi connectivity index (χ1v) is 6.39. The molecular formula is C14H19N3O. The van der Waals surface area contributed by atoms with Crippen molar-refractivity contribution >= 4 is 17.4 Å². The molecule has 0 aliphatic carbocycles. The molecule has 0 unspecified atom stereocenters. The van der Waals surface area contributed by atoms with E-state index in [2.05, 4.69) is 11.9 Å². The number of anilines is 1. The van der Waals surface area contributed by atoms with E-state index in [1.54, 1.807) is 4.90 Å². The number of nitrogens with two attached hydrogens (primary N) is 1. The first-order chi connectivity index (χ1) is 8.70. The Morgan fingerprint density at radius 1 is 1.33 bits per heavy atom. The number of rotatable bonds is 5. The average molecular weight is 245 g/mol. The number of amides is 1. The highest BCUT2D eigenvalue weighted by molar-refractivity contribution is 6.03. The van der Waals surface area contributed by atoms with Crippen molar-refractivity contribution in [2.75, 3.05) is 12.3 Å². The van der Waals surface area contributed by atoms with Crippen molar-refractivity contribution in [2.24, 2.45) is 4.99 Å². The number of nitrogens with zero attached hydrogens (tertiary/aromatic N) is 2. The molecule has 0 saturated heterocycles. The zero-order valence-corrected chi connectivity index (χ0v) is 10.7. The van der Waals surface area contributed by atoms with Gasteiger partial charge in [0.15, 0.2) is 0 Å². The molecule has 1 aliphatic rings. The monoisotopic (exact) mass is 245 g/mol. The molecule has 1 aromatic carbocycles. The van der Waals surface area contributed by atoms with E-state index in [1.807, 2.05) is 24.3 Å². The van der Waals surface area contributed by atoms with Crippen LogP contribution in [0, 0.1) is 0 Å². The Balaban J connectivity index is 2.04. The maximum atomic E-state index is 11.8. The number of unbranched alkanes of at least 4 members (excludes halogenated alkanes) is 1. The summed E-state index contributed by atoms with van der Waals surface area (Å²) in [6.45, 7) is 3.04. The summed E-state index contributed by atoms with van der Waals surface area (Å²) in [4.78, 5) is 17.9. The van der Waals surface area contributed by atoms with Gasteiger partial charge in [-0.05, 0) is 24.1 Å². The Bertz CT molecular complexity index is 451. The SMILES string of the molecule is CCCCC1=NCC(=O)N1Cc1ccc(N)cc1. The van der Waals surface area contributed by atoms with Gasteiger partial charge in [0.25, 0.3) is 0 Å². The summed E-state index contributed by atoms with van der Waals surface area (Å²) in [5.74, 6) is 1.02. The molecule has 1 amide bonds. The van der Waals surface area contributed by atoms with Crippen LogP contribution in [0.5, 0.6) is 0 Å². The standard InChI is InChI=1S/C14H19N3O/c1-2-3-4-13-16-9-14(18)17(13)10-11-5-7-12(15)8-6-11/h5-8H,2-4,9-10,15H2,1H3. The van der Waals surface area contributed by atoms with Crippen molar-refractivity contribution in [1.82, 2.24) is 4.90 Å². The van der Waals surface area contributed by atoms with E-state index in [0.717, 1.165) is 36.3 Å². The third-order valence-corrected chi connectivity index (χ3v) is 3.08. The maximum absolute atomic E-state index is 11.8. The van der Waals surface area contributed by atoms with Crippen LogP contribution in [0.3, 0.4) is 0 Å². The minimum Gasteiger partial charge on any atom is -0.399 e. The van der Waals surface area contributed by atoms with Crippen LogP contribution in [-0.4, -0.2) is 23.2 Å². The van der Waals surface area contributed by atoms with Crippen LogP contribution in [0.15, 0.2) is 29.3 Å². The number of carbonyl (C=O) groups is 1. The first kappa shape index (κ1) is 12.6. The highest BCUT2D eigenvalue weighted by Gasteiger charge is 2.24. The zero-order valence-electron chi connectivity index (χ0n) is 10.7. The molecule has 1 aromatic rings. The normalized spacial score (nSPS) is 15.1. The van der Waals surface area contributed by atoms with E-state index < -0.39 is 0 Å². The lowest BCUT2D eigenvalue weighted by molar-refractivity contribution is -0.125. The van der Waals surface area contributed by atoms with Crippen LogP contribution in [0.4, 0.5) is 5.69 Å². The van der Waals surface area contributed by atoms with Gasteiger partial charge in [-0.25, -0.2) is 0 Å². The molecule has 0 radical (unpaired) electrons. The van der Waals surface area contributed by atoms with Crippen LogP contribution in [0.1, 0.15) is 31.7 Å². The third-order valence-electron chi connectivity index (χ3n) is 3.08. The summed E-state index contributed by atoms with van der Waals surface area (Å²) in [6, 6.07) is 7.63. The second kappa shape index (κ2) is 5.67. The molecule has 0 atom stereocenters. The Morgan fingerprint density at radius 2 is 2.06 bits per heavy atom. The van der Waals surface area contributed by atoms with E-state index >= 15 is 0 Å².